The third-order valence-corrected chi connectivity index (χ3v) is 4.10. The van der Waals surface area contributed by atoms with Gasteiger partial charge in [0.25, 0.3) is 0 Å². The Kier molecular flexibility index (Phi) is 5.55. The van der Waals surface area contributed by atoms with Crippen molar-refractivity contribution < 1.29 is 8.42 Å². The average Bonchev–Trinajstić information content (AvgIpc) is 2.00. The van der Waals surface area contributed by atoms with Crippen LogP contribution >= 0.6 is 0 Å². The fourth-order valence-corrected chi connectivity index (χ4v) is 2.49. The van der Waals surface area contributed by atoms with Gasteiger partial charge in [0, 0.05) is 0 Å². The summed E-state index contributed by atoms with van der Waals surface area (Å²) in [5, 5.41) is -0.391. The van der Waals surface area contributed by atoms with Gasteiger partial charge in [-0.05, 0) is 19.8 Å². The standard InChI is InChI=1S/C9H19O2S/c1-4-6-7-9(3)12(10,11)8-5-2/h9H,3-8H2,1-2H3. The van der Waals surface area contributed by atoms with E-state index in [1.165, 1.54) is 0 Å². The monoisotopic (exact) mass is 191 g/mol. The Hall–Kier alpha value is -0.0500. The number of sulfone groups is 1. The zero-order valence-electron chi connectivity index (χ0n) is 8.04. The fourth-order valence-electron chi connectivity index (χ4n) is 1.06. The van der Waals surface area contributed by atoms with Crippen LogP contribution < -0.4 is 0 Å². The molecule has 0 heterocycles. The third-order valence-electron chi connectivity index (χ3n) is 1.88. The molecular weight excluding hydrogens is 172 g/mol. The summed E-state index contributed by atoms with van der Waals surface area (Å²) in [5.74, 6) is 0.283. The van der Waals surface area contributed by atoms with Crippen LogP contribution in [0.2, 0.25) is 0 Å². The molecule has 1 atom stereocenters. The van der Waals surface area contributed by atoms with Gasteiger partial charge in [-0.15, -0.1) is 0 Å². The Balaban J connectivity index is 3.98. The van der Waals surface area contributed by atoms with Crippen LogP contribution in [0, 0.1) is 6.92 Å². The van der Waals surface area contributed by atoms with Gasteiger partial charge in [0.1, 0.15) is 0 Å². The first-order valence-corrected chi connectivity index (χ1v) is 6.30. The highest BCUT2D eigenvalue weighted by Gasteiger charge is 2.18. The third kappa shape index (κ3) is 4.10. The molecule has 0 aromatic carbocycles. The molecule has 0 fully saturated rings. The maximum Gasteiger partial charge on any atom is 0.153 e. The molecule has 0 saturated carbocycles. The van der Waals surface area contributed by atoms with Crippen molar-refractivity contribution in [1.82, 2.24) is 0 Å². The minimum atomic E-state index is -2.89. The molecule has 0 spiro atoms. The summed E-state index contributed by atoms with van der Waals surface area (Å²) in [7, 11) is -2.89. The highest BCUT2D eigenvalue weighted by atomic mass is 32.2. The minimum absolute atomic E-state index is 0.283. The summed E-state index contributed by atoms with van der Waals surface area (Å²) < 4.78 is 22.7. The number of rotatable bonds is 6. The van der Waals surface area contributed by atoms with Crippen LogP contribution in [0.3, 0.4) is 0 Å². The topological polar surface area (TPSA) is 34.1 Å². The average molecular weight is 191 g/mol. The maximum atomic E-state index is 11.4. The quantitative estimate of drug-likeness (QED) is 0.645. The van der Waals surface area contributed by atoms with Gasteiger partial charge in [-0.1, -0.05) is 26.7 Å². The van der Waals surface area contributed by atoms with Crippen molar-refractivity contribution in [2.24, 2.45) is 0 Å². The molecule has 0 amide bonds. The van der Waals surface area contributed by atoms with E-state index in [4.69, 9.17) is 0 Å². The molecule has 0 saturated heterocycles. The van der Waals surface area contributed by atoms with E-state index < -0.39 is 15.1 Å². The molecule has 0 N–H and O–H groups in total. The lowest BCUT2D eigenvalue weighted by molar-refractivity contribution is 0.577. The van der Waals surface area contributed by atoms with Crippen molar-refractivity contribution in [3.8, 4) is 0 Å². The Morgan fingerprint density at radius 1 is 1.25 bits per heavy atom. The molecular formula is C9H19O2S. The maximum absolute atomic E-state index is 11.4. The van der Waals surface area contributed by atoms with Gasteiger partial charge < -0.3 is 0 Å². The SMILES string of the molecule is [CH2]C(CCCC)S(=O)(=O)CCC. The Bertz CT molecular complexity index is 195. The van der Waals surface area contributed by atoms with Gasteiger partial charge in [0.05, 0.1) is 11.0 Å². The molecule has 0 aromatic heterocycles. The van der Waals surface area contributed by atoms with Crippen LogP contribution in [0.5, 0.6) is 0 Å². The second kappa shape index (κ2) is 5.57. The predicted molar refractivity (Wildman–Crippen MR) is 52.7 cm³/mol. The van der Waals surface area contributed by atoms with Crippen LogP contribution in [0.1, 0.15) is 39.5 Å². The van der Waals surface area contributed by atoms with E-state index >= 15 is 0 Å². The molecule has 0 aliphatic carbocycles. The molecule has 3 heteroatoms. The van der Waals surface area contributed by atoms with Gasteiger partial charge in [0.2, 0.25) is 0 Å². The van der Waals surface area contributed by atoms with Crippen LogP contribution in [0.15, 0.2) is 0 Å². The van der Waals surface area contributed by atoms with Crippen LogP contribution in [0.4, 0.5) is 0 Å². The zero-order chi connectivity index (χ0) is 9.61. The number of unbranched alkanes of at least 4 members (excludes halogenated alkanes) is 1. The van der Waals surface area contributed by atoms with Crippen molar-refractivity contribution >= 4 is 9.84 Å². The zero-order valence-corrected chi connectivity index (χ0v) is 8.86. The molecule has 0 bridgehead atoms. The molecule has 0 rings (SSSR count). The Morgan fingerprint density at radius 2 is 1.83 bits per heavy atom. The van der Waals surface area contributed by atoms with E-state index in [1.807, 2.05) is 6.92 Å². The summed E-state index contributed by atoms with van der Waals surface area (Å²) in [6.07, 6.45) is 3.39. The van der Waals surface area contributed by atoms with Gasteiger partial charge >= 0.3 is 0 Å². The molecule has 0 aromatic rings. The lowest BCUT2D eigenvalue weighted by Crippen LogP contribution is -2.20. The predicted octanol–water partition coefficient (Wildman–Crippen LogP) is 2.20. The van der Waals surface area contributed by atoms with E-state index in [1.54, 1.807) is 0 Å². The van der Waals surface area contributed by atoms with Crippen molar-refractivity contribution in [2.45, 2.75) is 44.8 Å². The lowest BCUT2D eigenvalue weighted by Gasteiger charge is -2.10. The second-order valence-corrected chi connectivity index (χ2v) is 5.53. The first kappa shape index (κ1) is 11.9. The molecule has 0 aliphatic heterocycles. The van der Waals surface area contributed by atoms with Gasteiger partial charge in [-0.3, -0.25) is 0 Å². The molecule has 2 nitrogen and oxygen atoms in total. The van der Waals surface area contributed by atoms with E-state index in [2.05, 4.69) is 13.8 Å². The molecule has 1 unspecified atom stereocenters. The van der Waals surface area contributed by atoms with E-state index in [-0.39, 0.29) is 5.75 Å². The van der Waals surface area contributed by atoms with Gasteiger partial charge in [-0.25, -0.2) is 8.42 Å². The van der Waals surface area contributed by atoms with E-state index in [0.29, 0.717) is 12.8 Å². The molecule has 0 aliphatic rings. The first-order chi connectivity index (χ1) is 5.54. The van der Waals surface area contributed by atoms with E-state index in [9.17, 15) is 8.42 Å². The second-order valence-electron chi connectivity index (χ2n) is 3.13. The highest BCUT2D eigenvalue weighted by Crippen LogP contribution is 2.10. The Morgan fingerprint density at radius 3 is 2.25 bits per heavy atom. The van der Waals surface area contributed by atoms with Crippen molar-refractivity contribution in [2.75, 3.05) is 5.75 Å². The molecule has 73 valence electrons. The number of hydrogen-bond donors (Lipinski definition) is 0. The first-order valence-electron chi connectivity index (χ1n) is 4.59. The van der Waals surface area contributed by atoms with Crippen molar-refractivity contribution in [3.05, 3.63) is 6.92 Å². The minimum Gasteiger partial charge on any atom is -0.229 e. The summed E-state index contributed by atoms with van der Waals surface area (Å²) in [4.78, 5) is 0. The van der Waals surface area contributed by atoms with Crippen molar-refractivity contribution in [3.63, 3.8) is 0 Å². The summed E-state index contributed by atoms with van der Waals surface area (Å²) in [6, 6.07) is 0. The van der Waals surface area contributed by atoms with Gasteiger partial charge in [-0.2, -0.15) is 0 Å². The van der Waals surface area contributed by atoms with Gasteiger partial charge in [0.15, 0.2) is 9.84 Å². The smallest absolute Gasteiger partial charge is 0.153 e. The lowest BCUT2D eigenvalue weighted by atomic mass is 10.2. The molecule has 12 heavy (non-hydrogen) atoms. The van der Waals surface area contributed by atoms with Crippen LogP contribution in [-0.2, 0) is 9.84 Å². The summed E-state index contributed by atoms with van der Waals surface area (Å²) in [6.45, 7) is 7.61. The normalized spacial score (nSPS) is 14.6. The van der Waals surface area contributed by atoms with Crippen LogP contribution in [0.25, 0.3) is 0 Å². The van der Waals surface area contributed by atoms with Crippen molar-refractivity contribution in [1.29, 1.82) is 0 Å². The van der Waals surface area contributed by atoms with Crippen LogP contribution in [-0.4, -0.2) is 19.4 Å². The molecule has 1 radical (unpaired) electrons. The fraction of sp³-hybridized carbons (Fsp3) is 0.889. The van der Waals surface area contributed by atoms with E-state index in [0.717, 1.165) is 12.8 Å². The summed E-state index contributed by atoms with van der Waals surface area (Å²) in [5.41, 5.74) is 0. The number of hydrogen-bond acceptors (Lipinski definition) is 2. The Labute approximate surface area is 76.3 Å². The summed E-state index contributed by atoms with van der Waals surface area (Å²) >= 11 is 0. The largest absolute Gasteiger partial charge is 0.229 e. The highest BCUT2D eigenvalue weighted by molar-refractivity contribution is 7.92.